The number of phenolic OH excluding ortho intramolecular Hbond substituents is 1. The van der Waals surface area contributed by atoms with E-state index in [1.54, 1.807) is 0 Å². The topological polar surface area (TPSA) is 46.5 Å². The lowest BCUT2D eigenvalue weighted by atomic mass is 9.75. The van der Waals surface area contributed by atoms with Crippen molar-refractivity contribution >= 4 is 5.97 Å². The van der Waals surface area contributed by atoms with Crippen molar-refractivity contribution in [2.45, 2.75) is 175 Å². The van der Waals surface area contributed by atoms with E-state index in [0.29, 0.717) is 25.2 Å². The highest BCUT2D eigenvalue weighted by molar-refractivity contribution is 5.70. The Morgan fingerprint density at radius 3 is 1.39 bits per heavy atom. The number of benzene rings is 1. The number of rotatable bonds is 20. The Morgan fingerprint density at radius 1 is 0.658 bits per heavy atom. The fourth-order valence-electron chi connectivity index (χ4n) is 5.40. The average molecular weight is 531 g/mol. The van der Waals surface area contributed by atoms with Gasteiger partial charge in [0.2, 0.25) is 0 Å². The van der Waals surface area contributed by atoms with Gasteiger partial charge in [-0.2, -0.15) is 0 Å². The highest BCUT2D eigenvalue weighted by Gasteiger charge is 2.27. The molecule has 0 atom stereocenters. The second kappa shape index (κ2) is 18.7. The van der Waals surface area contributed by atoms with Crippen LogP contribution in [0.2, 0.25) is 0 Å². The Balaban J connectivity index is 2.17. The van der Waals surface area contributed by atoms with Gasteiger partial charge in [-0.05, 0) is 52.5 Å². The first kappa shape index (κ1) is 34.5. The lowest BCUT2D eigenvalue weighted by Crippen LogP contribution is -2.22. The van der Waals surface area contributed by atoms with Crippen LogP contribution in [0.1, 0.15) is 174 Å². The molecule has 0 unspecified atom stereocenters. The summed E-state index contributed by atoms with van der Waals surface area (Å²) >= 11 is 0. The minimum Gasteiger partial charge on any atom is -0.508 e. The zero-order valence-corrected chi connectivity index (χ0v) is 26.4. The Morgan fingerprint density at radius 2 is 1.03 bits per heavy atom. The van der Waals surface area contributed by atoms with Crippen LogP contribution in [0.15, 0.2) is 12.1 Å². The van der Waals surface area contributed by atoms with Crippen LogP contribution in [0.3, 0.4) is 0 Å². The Hall–Kier alpha value is -1.51. The molecule has 1 aromatic carbocycles. The normalized spacial score (nSPS) is 12.2. The number of unbranched alkanes of at least 4 members (excludes halogenated alkanes) is 15. The van der Waals surface area contributed by atoms with Crippen molar-refractivity contribution < 1.29 is 14.6 Å². The molecule has 0 aliphatic heterocycles. The third-order valence-electron chi connectivity index (χ3n) is 7.69. The molecule has 0 heterocycles. The first-order chi connectivity index (χ1) is 18.0. The first-order valence-corrected chi connectivity index (χ1v) is 16.0. The summed E-state index contributed by atoms with van der Waals surface area (Å²) in [6.07, 6.45) is 22.5. The molecule has 38 heavy (non-hydrogen) atoms. The lowest BCUT2D eigenvalue weighted by molar-refractivity contribution is -0.143. The Labute approximate surface area is 236 Å². The summed E-state index contributed by atoms with van der Waals surface area (Å²) in [7, 11) is 0. The summed E-state index contributed by atoms with van der Waals surface area (Å²) in [5.41, 5.74) is 3.21. The van der Waals surface area contributed by atoms with Gasteiger partial charge in [0.25, 0.3) is 0 Å². The molecule has 0 radical (unpaired) electrons. The van der Waals surface area contributed by atoms with Gasteiger partial charge in [-0.1, -0.05) is 145 Å². The SMILES string of the molecule is CCCCCCCCCCCCCCCCCCOC(=O)CCc1c(C(C)(C)C)cc(O)cc1C(C)(C)C. The number of carbonyl (C=O) groups excluding carboxylic acids is 1. The third-order valence-corrected chi connectivity index (χ3v) is 7.69. The van der Waals surface area contributed by atoms with E-state index in [9.17, 15) is 9.90 Å². The van der Waals surface area contributed by atoms with Crippen LogP contribution in [-0.4, -0.2) is 17.7 Å². The molecule has 1 aromatic rings. The third kappa shape index (κ3) is 15.2. The summed E-state index contributed by atoms with van der Waals surface area (Å²) in [5, 5.41) is 10.3. The molecule has 3 nitrogen and oxygen atoms in total. The Bertz CT molecular complexity index is 731. The number of aromatic hydroxyl groups is 1. The maximum Gasteiger partial charge on any atom is 0.306 e. The molecule has 3 heteroatoms. The van der Waals surface area contributed by atoms with Gasteiger partial charge in [0.15, 0.2) is 0 Å². The second-order valence-corrected chi connectivity index (χ2v) is 13.5. The van der Waals surface area contributed by atoms with E-state index in [1.807, 2.05) is 12.1 Å². The maximum absolute atomic E-state index is 12.5. The number of esters is 1. The van der Waals surface area contributed by atoms with Crippen molar-refractivity contribution in [3.05, 3.63) is 28.8 Å². The fraction of sp³-hybridized carbons (Fsp3) is 0.800. The van der Waals surface area contributed by atoms with Gasteiger partial charge in [0.1, 0.15) is 5.75 Å². The molecule has 1 N–H and O–H groups in total. The van der Waals surface area contributed by atoms with E-state index in [4.69, 9.17) is 4.74 Å². The van der Waals surface area contributed by atoms with Gasteiger partial charge in [-0.3, -0.25) is 4.79 Å². The minimum atomic E-state index is -0.112. The molecule has 1 rings (SSSR count). The monoisotopic (exact) mass is 530 g/mol. The molecule has 0 aromatic heterocycles. The lowest BCUT2D eigenvalue weighted by Gasteiger charge is -2.30. The highest BCUT2D eigenvalue weighted by atomic mass is 16.5. The van der Waals surface area contributed by atoms with Crippen molar-refractivity contribution in [1.82, 2.24) is 0 Å². The van der Waals surface area contributed by atoms with Gasteiger partial charge in [0.05, 0.1) is 6.61 Å². The zero-order chi connectivity index (χ0) is 28.4. The molecule has 220 valence electrons. The zero-order valence-electron chi connectivity index (χ0n) is 26.4. The van der Waals surface area contributed by atoms with Crippen LogP contribution in [0, 0.1) is 0 Å². The second-order valence-electron chi connectivity index (χ2n) is 13.5. The fourth-order valence-corrected chi connectivity index (χ4v) is 5.40. The van der Waals surface area contributed by atoms with Gasteiger partial charge in [-0.25, -0.2) is 0 Å². The number of ether oxygens (including phenoxy) is 1. The quantitative estimate of drug-likeness (QED) is 0.135. The largest absolute Gasteiger partial charge is 0.508 e. The number of phenols is 1. The van der Waals surface area contributed by atoms with Gasteiger partial charge in [0, 0.05) is 6.42 Å². The van der Waals surface area contributed by atoms with Gasteiger partial charge in [-0.15, -0.1) is 0 Å². The standard InChI is InChI=1S/C35H62O3/c1-8-9-10-11-12-13-14-15-16-17-18-19-20-21-22-23-26-38-33(37)25-24-30-31(34(2,3)4)27-29(36)28-32(30)35(5,6)7/h27-28,36H,8-26H2,1-7H3. The molecule has 0 saturated heterocycles. The van der Waals surface area contributed by atoms with Crippen LogP contribution in [0.4, 0.5) is 0 Å². The van der Waals surface area contributed by atoms with E-state index in [-0.39, 0.29) is 16.8 Å². The average Bonchev–Trinajstić information content (AvgIpc) is 2.83. The number of hydrogen-bond donors (Lipinski definition) is 1. The van der Waals surface area contributed by atoms with Crippen LogP contribution < -0.4 is 0 Å². The van der Waals surface area contributed by atoms with E-state index < -0.39 is 0 Å². The highest BCUT2D eigenvalue weighted by Crippen LogP contribution is 2.37. The maximum atomic E-state index is 12.5. The van der Waals surface area contributed by atoms with Crippen molar-refractivity contribution in [3.63, 3.8) is 0 Å². The molecular weight excluding hydrogens is 468 g/mol. The smallest absolute Gasteiger partial charge is 0.306 e. The van der Waals surface area contributed by atoms with Crippen molar-refractivity contribution in [3.8, 4) is 5.75 Å². The number of hydrogen-bond acceptors (Lipinski definition) is 3. The molecule has 0 aliphatic rings. The summed E-state index contributed by atoms with van der Waals surface area (Å²) in [4.78, 5) is 12.5. The molecular formula is C35H62O3. The molecule has 0 spiro atoms. The number of carbonyl (C=O) groups is 1. The van der Waals surface area contributed by atoms with E-state index in [0.717, 1.165) is 24.0 Å². The molecule has 0 aliphatic carbocycles. The van der Waals surface area contributed by atoms with Crippen LogP contribution in [0.5, 0.6) is 5.75 Å². The molecule has 0 amide bonds. The summed E-state index contributed by atoms with van der Waals surface area (Å²) in [5.74, 6) is 0.188. The minimum absolute atomic E-state index is 0.106. The van der Waals surface area contributed by atoms with Crippen molar-refractivity contribution in [2.75, 3.05) is 6.61 Å². The predicted octanol–water partition coefficient (Wildman–Crippen LogP) is 10.7. The summed E-state index contributed by atoms with van der Waals surface area (Å²) in [6.45, 7) is 15.8. The van der Waals surface area contributed by atoms with E-state index >= 15 is 0 Å². The van der Waals surface area contributed by atoms with Gasteiger partial charge >= 0.3 is 5.97 Å². The molecule has 0 bridgehead atoms. The van der Waals surface area contributed by atoms with E-state index in [1.165, 1.54) is 95.5 Å². The Kier molecular flexibility index (Phi) is 17.0. The molecule has 0 fully saturated rings. The summed E-state index contributed by atoms with van der Waals surface area (Å²) < 4.78 is 5.57. The first-order valence-electron chi connectivity index (χ1n) is 16.0. The predicted molar refractivity (Wildman–Crippen MR) is 164 cm³/mol. The van der Waals surface area contributed by atoms with Crippen LogP contribution in [0.25, 0.3) is 0 Å². The van der Waals surface area contributed by atoms with Crippen molar-refractivity contribution in [2.24, 2.45) is 0 Å². The van der Waals surface area contributed by atoms with Crippen LogP contribution >= 0.6 is 0 Å². The van der Waals surface area contributed by atoms with E-state index in [2.05, 4.69) is 48.5 Å². The van der Waals surface area contributed by atoms with Crippen LogP contribution in [-0.2, 0) is 26.8 Å². The summed E-state index contributed by atoms with van der Waals surface area (Å²) in [6, 6.07) is 3.73. The van der Waals surface area contributed by atoms with Gasteiger partial charge < -0.3 is 9.84 Å². The van der Waals surface area contributed by atoms with Crippen molar-refractivity contribution in [1.29, 1.82) is 0 Å². The molecule has 0 saturated carbocycles.